The fourth-order valence-electron chi connectivity index (χ4n) is 3.34. The number of benzene rings is 2. The van der Waals surface area contributed by atoms with Crippen LogP contribution in [0.4, 0.5) is 5.69 Å². The minimum absolute atomic E-state index is 0.0351. The van der Waals surface area contributed by atoms with E-state index in [-0.39, 0.29) is 25.0 Å². The van der Waals surface area contributed by atoms with E-state index in [9.17, 15) is 9.59 Å². The number of nitrogens with one attached hydrogen (secondary N) is 1. The van der Waals surface area contributed by atoms with Crippen molar-refractivity contribution in [3.63, 3.8) is 0 Å². The highest BCUT2D eigenvalue weighted by Crippen LogP contribution is 2.19. The number of carbonyl (C=O) groups excluding carboxylic acids is 2. The molecule has 7 nitrogen and oxygen atoms in total. The van der Waals surface area contributed by atoms with Crippen LogP contribution in [-0.2, 0) is 20.9 Å². The summed E-state index contributed by atoms with van der Waals surface area (Å²) in [5, 5.41) is 3.38. The van der Waals surface area contributed by atoms with Gasteiger partial charge in [-0.3, -0.25) is 9.59 Å². The largest absolute Gasteiger partial charge is 0.497 e. The van der Waals surface area contributed by atoms with Crippen LogP contribution < -0.4 is 15.0 Å². The Labute approximate surface area is 187 Å². The van der Waals surface area contributed by atoms with Gasteiger partial charge in [-0.15, -0.1) is 0 Å². The van der Waals surface area contributed by atoms with Crippen molar-refractivity contribution in [1.82, 2.24) is 10.2 Å². The second kappa shape index (κ2) is 11.0. The van der Waals surface area contributed by atoms with Gasteiger partial charge in [0.05, 0.1) is 20.3 Å². The van der Waals surface area contributed by atoms with Gasteiger partial charge in [0.1, 0.15) is 11.9 Å². The number of hydrogen-bond acceptors (Lipinski definition) is 5. The predicted octanol–water partition coefficient (Wildman–Crippen LogP) is 2.72. The van der Waals surface area contributed by atoms with Gasteiger partial charge in [-0.1, -0.05) is 23.7 Å². The highest BCUT2D eigenvalue weighted by atomic mass is 35.5. The van der Waals surface area contributed by atoms with Gasteiger partial charge in [-0.25, -0.2) is 0 Å². The van der Waals surface area contributed by atoms with E-state index in [1.54, 1.807) is 18.9 Å². The summed E-state index contributed by atoms with van der Waals surface area (Å²) in [6, 6.07) is 15.2. The van der Waals surface area contributed by atoms with E-state index in [2.05, 4.69) is 10.2 Å². The molecule has 1 heterocycles. The highest BCUT2D eigenvalue weighted by molar-refractivity contribution is 6.30. The molecule has 0 aromatic heterocycles. The summed E-state index contributed by atoms with van der Waals surface area (Å²) in [6.45, 7) is 4.62. The van der Waals surface area contributed by atoms with Gasteiger partial charge < -0.3 is 24.6 Å². The second-order valence-corrected chi connectivity index (χ2v) is 7.80. The van der Waals surface area contributed by atoms with Gasteiger partial charge in [-0.2, -0.15) is 0 Å². The molecule has 166 valence electrons. The fourth-order valence-corrected chi connectivity index (χ4v) is 3.47. The van der Waals surface area contributed by atoms with Gasteiger partial charge >= 0.3 is 0 Å². The van der Waals surface area contributed by atoms with Gasteiger partial charge in [0.25, 0.3) is 0 Å². The standard InChI is InChI=1S/C23H28ClN3O4/c1-17(31-16-18-4-3-5-21(14-18)30-2)23(29)25-15-22(28)27-12-10-26(11-13-27)20-8-6-19(24)7-9-20/h3-9,14,17H,10-13,15-16H2,1-2H3,(H,25,29). The van der Waals surface area contributed by atoms with Crippen molar-refractivity contribution in [2.75, 3.05) is 44.7 Å². The zero-order valence-corrected chi connectivity index (χ0v) is 18.6. The molecule has 3 rings (SSSR count). The first kappa shape index (κ1) is 22.9. The van der Waals surface area contributed by atoms with Gasteiger partial charge in [0.2, 0.25) is 11.8 Å². The van der Waals surface area contributed by atoms with Crippen molar-refractivity contribution in [3.8, 4) is 5.75 Å². The van der Waals surface area contributed by atoms with Crippen LogP contribution in [0.2, 0.25) is 5.02 Å². The van der Waals surface area contributed by atoms with E-state index in [1.807, 2.05) is 48.5 Å². The van der Waals surface area contributed by atoms with Crippen molar-refractivity contribution in [1.29, 1.82) is 0 Å². The monoisotopic (exact) mass is 445 g/mol. The lowest BCUT2D eigenvalue weighted by molar-refractivity contribution is -0.137. The predicted molar refractivity (Wildman–Crippen MR) is 120 cm³/mol. The Morgan fingerprint density at radius 3 is 2.48 bits per heavy atom. The molecule has 1 aliphatic heterocycles. The Balaban J connectivity index is 1.38. The maximum atomic E-state index is 12.5. The number of piperazine rings is 1. The summed E-state index contributed by atoms with van der Waals surface area (Å²) < 4.78 is 10.8. The van der Waals surface area contributed by atoms with E-state index in [0.29, 0.717) is 18.1 Å². The Kier molecular flexibility index (Phi) is 8.14. The lowest BCUT2D eigenvalue weighted by Crippen LogP contribution is -2.51. The molecule has 1 N–H and O–H groups in total. The van der Waals surface area contributed by atoms with Crippen LogP contribution in [-0.4, -0.2) is 62.7 Å². The van der Waals surface area contributed by atoms with Crippen LogP contribution >= 0.6 is 11.6 Å². The number of rotatable bonds is 8. The molecule has 1 unspecified atom stereocenters. The normalized spacial score (nSPS) is 14.8. The first-order valence-corrected chi connectivity index (χ1v) is 10.6. The zero-order valence-electron chi connectivity index (χ0n) is 17.8. The topological polar surface area (TPSA) is 71.1 Å². The van der Waals surface area contributed by atoms with Crippen LogP contribution in [0.5, 0.6) is 5.75 Å². The maximum Gasteiger partial charge on any atom is 0.249 e. The van der Waals surface area contributed by atoms with Gasteiger partial charge in [0.15, 0.2) is 0 Å². The van der Waals surface area contributed by atoms with Crippen molar-refractivity contribution in [2.24, 2.45) is 0 Å². The van der Waals surface area contributed by atoms with Crippen LogP contribution in [0.3, 0.4) is 0 Å². The third-order valence-electron chi connectivity index (χ3n) is 5.24. The zero-order chi connectivity index (χ0) is 22.2. The van der Waals surface area contributed by atoms with E-state index < -0.39 is 6.10 Å². The van der Waals surface area contributed by atoms with Gasteiger partial charge in [0, 0.05) is 36.9 Å². The molecular formula is C23H28ClN3O4. The molecule has 1 fully saturated rings. The van der Waals surface area contributed by atoms with Crippen LogP contribution in [0.25, 0.3) is 0 Å². The number of hydrogen-bond donors (Lipinski definition) is 1. The first-order valence-electron chi connectivity index (χ1n) is 10.3. The number of amides is 2. The number of halogens is 1. The summed E-state index contributed by atoms with van der Waals surface area (Å²) in [7, 11) is 1.60. The lowest BCUT2D eigenvalue weighted by Gasteiger charge is -2.36. The molecule has 1 atom stereocenters. The summed E-state index contributed by atoms with van der Waals surface area (Å²) in [5.41, 5.74) is 2.00. The molecule has 2 aromatic carbocycles. The Hall–Kier alpha value is -2.77. The molecule has 1 aliphatic rings. The number of ether oxygens (including phenoxy) is 2. The summed E-state index contributed by atoms with van der Waals surface area (Å²) in [6.07, 6.45) is -0.666. The Bertz CT molecular complexity index is 883. The molecule has 2 amide bonds. The minimum Gasteiger partial charge on any atom is -0.497 e. The van der Waals surface area contributed by atoms with Crippen LogP contribution in [0, 0.1) is 0 Å². The molecule has 8 heteroatoms. The van der Waals surface area contributed by atoms with Crippen molar-refractivity contribution >= 4 is 29.1 Å². The maximum absolute atomic E-state index is 12.5. The Morgan fingerprint density at radius 1 is 1.10 bits per heavy atom. The number of nitrogens with zero attached hydrogens (tertiary/aromatic N) is 2. The third kappa shape index (κ3) is 6.60. The van der Waals surface area contributed by atoms with Gasteiger partial charge in [-0.05, 0) is 48.9 Å². The molecule has 2 aromatic rings. The average Bonchev–Trinajstić information content (AvgIpc) is 2.81. The van der Waals surface area contributed by atoms with Crippen molar-refractivity contribution in [3.05, 3.63) is 59.1 Å². The molecule has 31 heavy (non-hydrogen) atoms. The molecule has 1 saturated heterocycles. The summed E-state index contributed by atoms with van der Waals surface area (Å²) in [4.78, 5) is 28.8. The van der Waals surface area contributed by atoms with Crippen LogP contribution in [0.1, 0.15) is 12.5 Å². The molecular weight excluding hydrogens is 418 g/mol. The number of anilines is 1. The quantitative estimate of drug-likeness (QED) is 0.676. The first-order chi connectivity index (χ1) is 15.0. The van der Waals surface area contributed by atoms with E-state index in [0.717, 1.165) is 30.1 Å². The van der Waals surface area contributed by atoms with Crippen molar-refractivity contribution in [2.45, 2.75) is 19.6 Å². The minimum atomic E-state index is -0.666. The van der Waals surface area contributed by atoms with E-state index in [1.165, 1.54) is 0 Å². The Morgan fingerprint density at radius 2 is 1.81 bits per heavy atom. The highest BCUT2D eigenvalue weighted by Gasteiger charge is 2.22. The lowest BCUT2D eigenvalue weighted by atomic mass is 10.2. The molecule has 0 spiro atoms. The van der Waals surface area contributed by atoms with Crippen LogP contribution in [0.15, 0.2) is 48.5 Å². The smallest absolute Gasteiger partial charge is 0.249 e. The molecule has 0 saturated carbocycles. The molecule has 0 bridgehead atoms. The van der Waals surface area contributed by atoms with E-state index in [4.69, 9.17) is 21.1 Å². The van der Waals surface area contributed by atoms with E-state index >= 15 is 0 Å². The second-order valence-electron chi connectivity index (χ2n) is 7.37. The summed E-state index contributed by atoms with van der Waals surface area (Å²) >= 11 is 5.94. The SMILES string of the molecule is COc1cccc(COC(C)C(=O)NCC(=O)N2CCN(c3ccc(Cl)cc3)CC2)c1. The number of carbonyl (C=O) groups is 2. The third-order valence-corrected chi connectivity index (χ3v) is 5.49. The fraction of sp³-hybridized carbons (Fsp3) is 0.391. The molecule has 0 aliphatic carbocycles. The number of methoxy groups -OCH3 is 1. The average molecular weight is 446 g/mol. The summed E-state index contributed by atoms with van der Waals surface area (Å²) in [5.74, 6) is 0.333. The molecule has 0 radical (unpaired) electrons. The van der Waals surface area contributed by atoms with Crippen molar-refractivity contribution < 1.29 is 19.1 Å².